The smallest absolute Gasteiger partial charge is 0.203 e. The summed E-state index contributed by atoms with van der Waals surface area (Å²) in [7, 11) is 4.67. The Kier molecular flexibility index (Phi) is 5.74. The summed E-state index contributed by atoms with van der Waals surface area (Å²) in [5.74, 6) is 1.57. The zero-order chi connectivity index (χ0) is 19.2. The molecule has 0 aliphatic carbocycles. The van der Waals surface area contributed by atoms with Crippen LogP contribution in [0, 0.1) is 11.3 Å². The van der Waals surface area contributed by atoms with Crippen LogP contribution in [0.3, 0.4) is 0 Å². The molecule has 5 nitrogen and oxygen atoms in total. The molecule has 3 rings (SSSR count). The van der Waals surface area contributed by atoms with Crippen molar-refractivity contribution < 1.29 is 14.2 Å². The summed E-state index contributed by atoms with van der Waals surface area (Å²) in [4.78, 5) is 4.61. The van der Waals surface area contributed by atoms with Gasteiger partial charge in [0.2, 0.25) is 5.75 Å². The van der Waals surface area contributed by atoms with Crippen molar-refractivity contribution in [1.82, 2.24) is 4.98 Å². The number of allylic oxidation sites excluding steroid dienone is 1. The minimum Gasteiger partial charge on any atom is -0.493 e. The molecule has 0 aliphatic heterocycles. The van der Waals surface area contributed by atoms with Gasteiger partial charge in [0.25, 0.3) is 0 Å². The van der Waals surface area contributed by atoms with Crippen LogP contribution in [-0.4, -0.2) is 26.3 Å². The van der Waals surface area contributed by atoms with Gasteiger partial charge in [-0.15, -0.1) is 11.3 Å². The van der Waals surface area contributed by atoms with Crippen molar-refractivity contribution in [2.45, 2.75) is 0 Å². The SMILES string of the molecule is COc1cc(/C=C(\C#N)c2nc(-c3ccccc3)cs2)cc(OC)c1OC. The van der Waals surface area contributed by atoms with E-state index in [9.17, 15) is 5.26 Å². The van der Waals surface area contributed by atoms with Crippen LogP contribution in [0.15, 0.2) is 47.8 Å². The van der Waals surface area contributed by atoms with Crippen molar-refractivity contribution in [3.8, 4) is 34.6 Å². The molecule has 0 saturated heterocycles. The molecule has 6 heteroatoms. The number of ether oxygens (including phenoxy) is 3. The van der Waals surface area contributed by atoms with E-state index in [1.54, 1.807) is 39.5 Å². The minimum absolute atomic E-state index is 0.469. The van der Waals surface area contributed by atoms with Crippen LogP contribution >= 0.6 is 11.3 Å². The van der Waals surface area contributed by atoms with Crippen LogP contribution in [0.5, 0.6) is 17.2 Å². The molecule has 0 aliphatic rings. The first-order chi connectivity index (χ1) is 13.2. The number of thiazole rings is 1. The number of benzene rings is 2. The Morgan fingerprint density at radius 3 is 2.26 bits per heavy atom. The fraction of sp³-hybridized carbons (Fsp3) is 0.143. The maximum Gasteiger partial charge on any atom is 0.203 e. The molecule has 0 spiro atoms. The van der Waals surface area contributed by atoms with Crippen molar-refractivity contribution in [3.05, 3.63) is 58.4 Å². The maximum absolute atomic E-state index is 9.64. The summed E-state index contributed by atoms with van der Waals surface area (Å²) in [5, 5.41) is 12.2. The molecule has 0 N–H and O–H groups in total. The van der Waals surface area contributed by atoms with Gasteiger partial charge in [0, 0.05) is 10.9 Å². The Morgan fingerprint density at radius 1 is 1.04 bits per heavy atom. The Labute approximate surface area is 162 Å². The number of nitriles is 1. The van der Waals surface area contributed by atoms with E-state index in [1.807, 2.05) is 35.7 Å². The highest BCUT2D eigenvalue weighted by Gasteiger charge is 2.14. The first-order valence-electron chi connectivity index (χ1n) is 8.13. The number of methoxy groups -OCH3 is 3. The lowest BCUT2D eigenvalue weighted by molar-refractivity contribution is 0.324. The molecule has 0 fully saturated rings. The Hall–Kier alpha value is -3.30. The normalized spacial score (nSPS) is 11.0. The largest absolute Gasteiger partial charge is 0.493 e. The summed E-state index contributed by atoms with van der Waals surface area (Å²) in [5.41, 5.74) is 3.10. The maximum atomic E-state index is 9.64. The monoisotopic (exact) mass is 378 g/mol. The molecule has 0 bridgehead atoms. The fourth-order valence-corrected chi connectivity index (χ4v) is 3.43. The predicted octanol–water partition coefficient (Wildman–Crippen LogP) is 4.90. The van der Waals surface area contributed by atoms with Gasteiger partial charge in [-0.25, -0.2) is 4.98 Å². The lowest BCUT2D eigenvalue weighted by Crippen LogP contribution is -1.95. The van der Waals surface area contributed by atoms with Gasteiger partial charge in [0.15, 0.2) is 11.5 Å². The Bertz CT molecular complexity index is 979. The highest BCUT2D eigenvalue weighted by Crippen LogP contribution is 2.39. The zero-order valence-corrected chi connectivity index (χ0v) is 16.0. The number of rotatable bonds is 6. The first kappa shape index (κ1) is 18.5. The van der Waals surface area contributed by atoms with Gasteiger partial charge in [0.05, 0.1) is 32.6 Å². The van der Waals surface area contributed by atoms with Crippen molar-refractivity contribution in [2.24, 2.45) is 0 Å². The van der Waals surface area contributed by atoms with E-state index >= 15 is 0 Å². The van der Waals surface area contributed by atoms with Gasteiger partial charge < -0.3 is 14.2 Å². The lowest BCUT2D eigenvalue weighted by atomic mass is 10.1. The molecule has 27 heavy (non-hydrogen) atoms. The van der Waals surface area contributed by atoms with Crippen molar-refractivity contribution in [2.75, 3.05) is 21.3 Å². The molecule has 3 aromatic rings. The van der Waals surface area contributed by atoms with Gasteiger partial charge in [-0.3, -0.25) is 0 Å². The van der Waals surface area contributed by atoms with E-state index in [-0.39, 0.29) is 0 Å². The molecule has 1 aromatic heterocycles. The van der Waals surface area contributed by atoms with Crippen LogP contribution in [0.25, 0.3) is 22.9 Å². The molecular weight excluding hydrogens is 360 g/mol. The standard InChI is InChI=1S/C21H18N2O3S/c1-24-18-10-14(11-19(25-2)20(18)26-3)9-16(12-22)21-23-17(13-27-21)15-7-5-4-6-8-15/h4-11,13H,1-3H3/b16-9+. The van der Waals surface area contributed by atoms with Crippen LogP contribution in [0.1, 0.15) is 10.6 Å². The van der Waals surface area contributed by atoms with Gasteiger partial charge in [-0.05, 0) is 23.8 Å². The van der Waals surface area contributed by atoms with Gasteiger partial charge in [0.1, 0.15) is 11.1 Å². The first-order valence-corrected chi connectivity index (χ1v) is 9.01. The van der Waals surface area contributed by atoms with Crippen LogP contribution in [0.2, 0.25) is 0 Å². The number of hydrogen-bond acceptors (Lipinski definition) is 6. The van der Waals surface area contributed by atoms with Gasteiger partial charge in [-0.1, -0.05) is 30.3 Å². The predicted molar refractivity (Wildman–Crippen MR) is 107 cm³/mol. The average molecular weight is 378 g/mol. The van der Waals surface area contributed by atoms with Gasteiger partial charge >= 0.3 is 0 Å². The van der Waals surface area contributed by atoms with Crippen molar-refractivity contribution in [3.63, 3.8) is 0 Å². The van der Waals surface area contributed by atoms with Crippen molar-refractivity contribution in [1.29, 1.82) is 5.26 Å². The molecule has 0 radical (unpaired) electrons. The third-order valence-electron chi connectivity index (χ3n) is 3.92. The third-order valence-corrected chi connectivity index (χ3v) is 4.80. The van der Waals surface area contributed by atoms with E-state index in [0.29, 0.717) is 27.8 Å². The Morgan fingerprint density at radius 2 is 1.70 bits per heavy atom. The molecule has 1 heterocycles. The fourth-order valence-electron chi connectivity index (χ4n) is 2.63. The molecule has 0 saturated carbocycles. The highest BCUT2D eigenvalue weighted by molar-refractivity contribution is 7.11. The van der Waals surface area contributed by atoms with E-state index in [1.165, 1.54) is 11.3 Å². The number of hydrogen-bond donors (Lipinski definition) is 0. The zero-order valence-electron chi connectivity index (χ0n) is 15.2. The lowest BCUT2D eigenvalue weighted by Gasteiger charge is -2.13. The van der Waals surface area contributed by atoms with E-state index < -0.39 is 0 Å². The average Bonchev–Trinajstić information content (AvgIpc) is 3.21. The second-order valence-corrected chi connectivity index (χ2v) is 6.39. The van der Waals surface area contributed by atoms with Crippen molar-refractivity contribution >= 4 is 23.0 Å². The van der Waals surface area contributed by atoms with Crippen LogP contribution in [0.4, 0.5) is 0 Å². The molecule has 2 aromatic carbocycles. The number of nitrogens with zero attached hydrogens (tertiary/aromatic N) is 2. The Balaban J connectivity index is 2.00. The topological polar surface area (TPSA) is 64.4 Å². The summed E-state index contributed by atoms with van der Waals surface area (Å²) in [6.45, 7) is 0. The second-order valence-electron chi connectivity index (χ2n) is 5.53. The van der Waals surface area contributed by atoms with Gasteiger partial charge in [-0.2, -0.15) is 5.26 Å². The van der Waals surface area contributed by atoms with Crippen LogP contribution < -0.4 is 14.2 Å². The molecule has 0 amide bonds. The molecular formula is C21H18N2O3S. The summed E-state index contributed by atoms with van der Waals surface area (Å²) in [6.07, 6.45) is 1.76. The second kappa shape index (κ2) is 8.39. The molecule has 0 atom stereocenters. The van der Waals surface area contributed by atoms with Crippen LogP contribution in [-0.2, 0) is 0 Å². The van der Waals surface area contributed by atoms with E-state index in [2.05, 4.69) is 11.1 Å². The third kappa shape index (κ3) is 3.94. The summed E-state index contributed by atoms with van der Waals surface area (Å²) >= 11 is 1.43. The number of aromatic nitrogens is 1. The quantitative estimate of drug-likeness (QED) is 0.571. The molecule has 0 unspecified atom stereocenters. The molecule has 136 valence electrons. The van der Waals surface area contributed by atoms with E-state index in [4.69, 9.17) is 14.2 Å². The highest BCUT2D eigenvalue weighted by atomic mass is 32.1. The summed E-state index contributed by atoms with van der Waals surface area (Å²) in [6, 6.07) is 15.7. The van der Waals surface area contributed by atoms with E-state index in [0.717, 1.165) is 16.8 Å². The minimum atomic E-state index is 0.469. The summed E-state index contributed by atoms with van der Waals surface area (Å²) < 4.78 is 16.1.